The average molecular weight is 473 g/mol. The Bertz CT molecular complexity index is 1040. The van der Waals surface area contributed by atoms with Crippen LogP contribution in [0.3, 0.4) is 0 Å². The minimum Gasteiger partial charge on any atom is -0.497 e. The topological polar surface area (TPSA) is 58.6 Å². The van der Waals surface area contributed by atoms with Crippen molar-refractivity contribution < 1.29 is 14.3 Å². The maximum atomic E-state index is 13.6. The number of amides is 2. The van der Waals surface area contributed by atoms with Crippen LogP contribution in [0, 0.1) is 0 Å². The van der Waals surface area contributed by atoms with Crippen molar-refractivity contribution in [1.29, 1.82) is 0 Å². The smallest absolute Gasteiger partial charge is 0.243 e. The van der Waals surface area contributed by atoms with E-state index in [1.807, 2.05) is 84.9 Å². The summed E-state index contributed by atoms with van der Waals surface area (Å²) in [6, 6.07) is 27.0. The van der Waals surface area contributed by atoms with Gasteiger partial charge in [-0.05, 0) is 41.7 Å². The van der Waals surface area contributed by atoms with Gasteiger partial charge in [-0.25, -0.2) is 0 Å². The van der Waals surface area contributed by atoms with Crippen LogP contribution in [0.5, 0.6) is 5.75 Å². The summed E-state index contributed by atoms with van der Waals surface area (Å²) in [6.07, 6.45) is 3.34. The van der Waals surface area contributed by atoms with Gasteiger partial charge in [0.05, 0.1) is 7.11 Å². The van der Waals surface area contributed by atoms with Gasteiger partial charge in [0.1, 0.15) is 11.8 Å². The molecule has 1 N–H and O–H groups in total. The molecule has 3 rings (SSSR count). The number of methoxy groups -OCH3 is 1. The van der Waals surface area contributed by atoms with Crippen molar-refractivity contribution in [2.75, 3.05) is 13.7 Å². The van der Waals surface area contributed by atoms with E-state index in [0.717, 1.165) is 35.3 Å². The molecule has 3 aromatic rings. The van der Waals surface area contributed by atoms with Crippen LogP contribution < -0.4 is 10.1 Å². The molecular formula is C30H36N2O3. The van der Waals surface area contributed by atoms with Gasteiger partial charge >= 0.3 is 0 Å². The highest BCUT2D eigenvalue weighted by molar-refractivity contribution is 5.88. The minimum atomic E-state index is -0.598. The molecular weight excluding hydrogens is 436 g/mol. The van der Waals surface area contributed by atoms with E-state index < -0.39 is 6.04 Å². The molecule has 0 heterocycles. The monoisotopic (exact) mass is 472 g/mol. The van der Waals surface area contributed by atoms with Crippen LogP contribution in [0.1, 0.15) is 42.9 Å². The predicted molar refractivity (Wildman–Crippen MR) is 140 cm³/mol. The first kappa shape index (κ1) is 26.0. The van der Waals surface area contributed by atoms with Crippen molar-refractivity contribution in [2.45, 2.75) is 51.6 Å². The first-order chi connectivity index (χ1) is 17.1. The van der Waals surface area contributed by atoms with E-state index in [-0.39, 0.29) is 11.8 Å². The van der Waals surface area contributed by atoms with Gasteiger partial charge in [-0.1, -0.05) is 86.1 Å². The first-order valence-corrected chi connectivity index (χ1v) is 12.4. The average Bonchev–Trinajstić information content (AvgIpc) is 2.91. The third-order valence-electron chi connectivity index (χ3n) is 6.08. The Morgan fingerprint density at radius 3 is 2.09 bits per heavy atom. The lowest BCUT2D eigenvalue weighted by Crippen LogP contribution is -2.50. The standard InChI is InChI=1S/C30H36N2O3/c1-3-4-21-31-30(34)28(22-25-13-9-6-10-14-25)32(23-26-15-18-27(35-2)19-16-26)29(33)20-17-24-11-7-5-8-12-24/h5-16,18-19,28H,3-4,17,20-23H2,1-2H3,(H,31,34)/t28-/m0/s1. The number of ether oxygens (including phenoxy) is 1. The van der Waals surface area contributed by atoms with Gasteiger partial charge in [0, 0.05) is 25.9 Å². The van der Waals surface area contributed by atoms with Gasteiger partial charge in [-0.2, -0.15) is 0 Å². The molecule has 184 valence electrons. The molecule has 2 amide bonds. The van der Waals surface area contributed by atoms with Crippen molar-refractivity contribution in [1.82, 2.24) is 10.2 Å². The number of carbonyl (C=O) groups excluding carboxylic acids is 2. The van der Waals surface area contributed by atoms with Crippen LogP contribution in [0.25, 0.3) is 0 Å². The predicted octanol–water partition coefficient (Wildman–Crippen LogP) is 5.18. The zero-order valence-electron chi connectivity index (χ0n) is 20.8. The van der Waals surface area contributed by atoms with Crippen molar-refractivity contribution in [2.24, 2.45) is 0 Å². The van der Waals surface area contributed by atoms with Crippen LogP contribution in [0.15, 0.2) is 84.9 Å². The van der Waals surface area contributed by atoms with Crippen molar-refractivity contribution in [3.8, 4) is 5.75 Å². The van der Waals surface area contributed by atoms with Gasteiger partial charge < -0.3 is 15.0 Å². The molecule has 0 aliphatic rings. The second-order valence-corrected chi connectivity index (χ2v) is 8.71. The summed E-state index contributed by atoms with van der Waals surface area (Å²) in [5.74, 6) is 0.619. The van der Waals surface area contributed by atoms with E-state index in [1.165, 1.54) is 0 Å². The molecule has 0 saturated heterocycles. The maximum Gasteiger partial charge on any atom is 0.243 e. The van der Waals surface area contributed by atoms with Crippen LogP contribution >= 0.6 is 0 Å². The molecule has 0 aliphatic heterocycles. The fraction of sp³-hybridized carbons (Fsp3) is 0.333. The molecule has 0 spiro atoms. The highest BCUT2D eigenvalue weighted by Crippen LogP contribution is 2.19. The third kappa shape index (κ3) is 8.29. The highest BCUT2D eigenvalue weighted by Gasteiger charge is 2.30. The number of aryl methyl sites for hydroxylation is 1. The Morgan fingerprint density at radius 1 is 0.857 bits per heavy atom. The molecule has 0 radical (unpaired) electrons. The Hall–Kier alpha value is -3.60. The van der Waals surface area contributed by atoms with E-state index >= 15 is 0 Å². The van der Waals surface area contributed by atoms with E-state index in [9.17, 15) is 9.59 Å². The lowest BCUT2D eigenvalue weighted by molar-refractivity contribution is -0.141. The second-order valence-electron chi connectivity index (χ2n) is 8.71. The Balaban J connectivity index is 1.87. The molecule has 0 saturated carbocycles. The van der Waals surface area contributed by atoms with Gasteiger partial charge in [0.25, 0.3) is 0 Å². The number of nitrogens with zero attached hydrogens (tertiary/aromatic N) is 1. The molecule has 0 bridgehead atoms. The number of hydrogen-bond acceptors (Lipinski definition) is 3. The van der Waals surface area contributed by atoms with Crippen LogP contribution in [-0.4, -0.2) is 36.4 Å². The number of unbranched alkanes of at least 4 members (excludes halogenated alkanes) is 1. The molecule has 3 aromatic carbocycles. The fourth-order valence-electron chi connectivity index (χ4n) is 4.03. The molecule has 0 aromatic heterocycles. The molecule has 0 fully saturated rings. The number of carbonyl (C=O) groups is 2. The lowest BCUT2D eigenvalue weighted by Gasteiger charge is -2.32. The summed E-state index contributed by atoms with van der Waals surface area (Å²) in [5, 5.41) is 3.06. The quantitative estimate of drug-likeness (QED) is 0.349. The molecule has 5 heteroatoms. The Kier molecular flexibility index (Phi) is 10.4. The first-order valence-electron chi connectivity index (χ1n) is 12.4. The summed E-state index contributed by atoms with van der Waals surface area (Å²) in [4.78, 5) is 28.8. The van der Waals surface area contributed by atoms with E-state index in [4.69, 9.17) is 4.74 Å². The van der Waals surface area contributed by atoms with E-state index in [2.05, 4.69) is 12.2 Å². The van der Waals surface area contributed by atoms with E-state index in [0.29, 0.717) is 32.4 Å². The van der Waals surface area contributed by atoms with Gasteiger partial charge in [0.15, 0.2) is 0 Å². The van der Waals surface area contributed by atoms with Crippen LogP contribution in [0.2, 0.25) is 0 Å². The fourth-order valence-corrected chi connectivity index (χ4v) is 4.03. The van der Waals surface area contributed by atoms with Crippen molar-refractivity contribution >= 4 is 11.8 Å². The van der Waals surface area contributed by atoms with Crippen LogP contribution in [-0.2, 0) is 29.0 Å². The SMILES string of the molecule is CCCCNC(=O)[C@H](Cc1ccccc1)N(Cc1ccc(OC)cc1)C(=O)CCc1ccccc1. The zero-order valence-corrected chi connectivity index (χ0v) is 20.8. The summed E-state index contributed by atoms with van der Waals surface area (Å²) >= 11 is 0. The summed E-state index contributed by atoms with van der Waals surface area (Å²) < 4.78 is 5.28. The summed E-state index contributed by atoms with van der Waals surface area (Å²) in [5.41, 5.74) is 3.09. The lowest BCUT2D eigenvalue weighted by atomic mass is 10.0. The van der Waals surface area contributed by atoms with Gasteiger partial charge in [-0.15, -0.1) is 0 Å². The Labute approximate surface area is 209 Å². The minimum absolute atomic E-state index is 0.0313. The van der Waals surface area contributed by atoms with Crippen molar-refractivity contribution in [3.05, 3.63) is 102 Å². The van der Waals surface area contributed by atoms with Gasteiger partial charge in [-0.3, -0.25) is 9.59 Å². The molecule has 1 atom stereocenters. The molecule has 5 nitrogen and oxygen atoms in total. The number of benzene rings is 3. The Morgan fingerprint density at radius 2 is 1.49 bits per heavy atom. The zero-order chi connectivity index (χ0) is 24.9. The van der Waals surface area contributed by atoms with Gasteiger partial charge in [0.2, 0.25) is 11.8 Å². The summed E-state index contributed by atoms with van der Waals surface area (Å²) in [7, 11) is 1.63. The molecule has 0 unspecified atom stereocenters. The maximum absolute atomic E-state index is 13.6. The van der Waals surface area contributed by atoms with E-state index in [1.54, 1.807) is 12.0 Å². The third-order valence-corrected chi connectivity index (χ3v) is 6.08. The number of hydrogen-bond donors (Lipinski definition) is 1. The largest absolute Gasteiger partial charge is 0.497 e. The number of nitrogens with one attached hydrogen (secondary N) is 1. The number of rotatable bonds is 13. The van der Waals surface area contributed by atoms with Crippen LogP contribution in [0.4, 0.5) is 0 Å². The summed E-state index contributed by atoms with van der Waals surface area (Å²) in [6.45, 7) is 3.06. The molecule has 35 heavy (non-hydrogen) atoms. The molecule has 0 aliphatic carbocycles. The van der Waals surface area contributed by atoms with Crippen molar-refractivity contribution in [3.63, 3.8) is 0 Å². The second kappa shape index (κ2) is 14.0. The highest BCUT2D eigenvalue weighted by atomic mass is 16.5. The normalized spacial score (nSPS) is 11.5.